The molecule has 2 aromatic rings. The van der Waals surface area contributed by atoms with Gasteiger partial charge in [-0.3, -0.25) is 0 Å². The molecule has 2 heterocycles. The number of halogens is 1. The quantitative estimate of drug-likeness (QED) is 0.918. The zero-order valence-corrected chi connectivity index (χ0v) is 12.2. The fourth-order valence-electron chi connectivity index (χ4n) is 2.60. The first kappa shape index (κ1) is 13.5. The third-order valence-electron chi connectivity index (χ3n) is 3.62. The normalized spacial score (nSPS) is 21.6. The van der Waals surface area contributed by atoms with Gasteiger partial charge in [-0.2, -0.15) is 0 Å². The number of fused-ring (bicyclic) bond motifs is 1. The Morgan fingerprint density at radius 2 is 2.25 bits per heavy atom. The van der Waals surface area contributed by atoms with Crippen molar-refractivity contribution in [2.24, 2.45) is 0 Å². The number of imidazole rings is 1. The molecular weight excluding hydrogens is 276 g/mol. The Hall–Kier alpha value is -1.52. The van der Waals surface area contributed by atoms with Gasteiger partial charge >= 0.3 is 0 Å². The molecule has 1 aliphatic heterocycles. The molecule has 0 bridgehead atoms. The minimum absolute atomic E-state index is 0.191. The van der Waals surface area contributed by atoms with Gasteiger partial charge in [0.1, 0.15) is 11.9 Å². The Morgan fingerprint density at radius 3 is 3.00 bits per heavy atom. The first-order chi connectivity index (χ1) is 9.56. The highest BCUT2D eigenvalue weighted by Crippen LogP contribution is 2.41. The molecule has 0 saturated heterocycles. The van der Waals surface area contributed by atoms with Crippen molar-refractivity contribution in [2.75, 3.05) is 0 Å². The van der Waals surface area contributed by atoms with E-state index in [-0.39, 0.29) is 6.10 Å². The van der Waals surface area contributed by atoms with Crippen molar-refractivity contribution >= 4 is 11.6 Å². The Labute approximate surface area is 123 Å². The van der Waals surface area contributed by atoms with Crippen LogP contribution in [-0.2, 0) is 0 Å². The van der Waals surface area contributed by atoms with Gasteiger partial charge in [-0.05, 0) is 32.0 Å². The highest BCUT2D eigenvalue weighted by atomic mass is 35.5. The third-order valence-corrected chi connectivity index (χ3v) is 3.85. The summed E-state index contributed by atoms with van der Waals surface area (Å²) in [5, 5.41) is 10.9. The maximum atomic E-state index is 10.3. The van der Waals surface area contributed by atoms with E-state index in [1.54, 1.807) is 24.7 Å². The van der Waals surface area contributed by atoms with Crippen LogP contribution in [-0.4, -0.2) is 14.7 Å². The van der Waals surface area contributed by atoms with Crippen LogP contribution >= 0.6 is 11.6 Å². The number of ether oxygens (including phenoxy) is 1. The molecule has 4 nitrogen and oxygen atoms in total. The van der Waals surface area contributed by atoms with Crippen molar-refractivity contribution in [3.63, 3.8) is 0 Å². The van der Waals surface area contributed by atoms with Crippen LogP contribution in [0.2, 0.25) is 5.02 Å². The summed E-state index contributed by atoms with van der Waals surface area (Å²) < 4.78 is 8.08. The van der Waals surface area contributed by atoms with Crippen LogP contribution in [0.4, 0.5) is 0 Å². The van der Waals surface area contributed by atoms with Gasteiger partial charge in [0.15, 0.2) is 0 Å². The number of hydrogen-bond acceptors (Lipinski definition) is 3. The Bertz CT molecular complexity index is 624. The maximum Gasteiger partial charge on any atom is 0.143 e. The molecule has 0 aliphatic carbocycles. The summed E-state index contributed by atoms with van der Waals surface area (Å²) >= 11 is 5.96. The third kappa shape index (κ3) is 2.30. The van der Waals surface area contributed by atoms with Crippen LogP contribution in [0, 0.1) is 0 Å². The number of rotatable bonds is 2. The Morgan fingerprint density at radius 1 is 1.45 bits per heavy atom. The van der Waals surface area contributed by atoms with E-state index in [9.17, 15) is 5.11 Å². The van der Waals surface area contributed by atoms with Crippen molar-refractivity contribution in [3.05, 3.63) is 47.0 Å². The molecular formula is C15H17ClN2O2. The number of benzene rings is 1. The number of hydrogen-bond donors (Lipinski definition) is 1. The molecule has 0 spiro atoms. The van der Waals surface area contributed by atoms with Gasteiger partial charge in [-0.25, -0.2) is 4.98 Å². The number of aliphatic hydroxyl groups excluding tert-OH is 1. The van der Waals surface area contributed by atoms with E-state index in [0.717, 1.165) is 11.3 Å². The monoisotopic (exact) mass is 292 g/mol. The molecule has 2 atom stereocenters. The summed E-state index contributed by atoms with van der Waals surface area (Å²) in [4.78, 5) is 4.19. The molecule has 0 amide bonds. The van der Waals surface area contributed by atoms with Crippen LogP contribution in [0.5, 0.6) is 5.75 Å². The second-order valence-electron chi connectivity index (χ2n) is 5.36. The number of aliphatic hydroxyl groups is 1. The molecule has 1 aliphatic rings. The zero-order chi connectivity index (χ0) is 14.3. The van der Waals surface area contributed by atoms with Gasteiger partial charge in [-0.15, -0.1) is 0 Å². The molecule has 3 rings (SSSR count). The van der Waals surface area contributed by atoms with Crippen molar-refractivity contribution in [2.45, 2.75) is 38.5 Å². The minimum atomic E-state index is -0.571. The SMILES string of the molecule is CC(C)n1cncc1C1C[C@H](O)c2cc(Cl)ccc2O1. The van der Waals surface area contributed by atoms with Gasteiger partial charge in [0.05, 0.1) is 24.3 Å². The molecule has 1 N–H and O–H groups in total. The minimum Gasteiger partial charge on any atom is -0.484 e. The predicted molar refractivity (Wildman–Crippen MR) is 77.0 cm³/mol. The first-order valence-electron chi connectivity index (χ1n) is 6.72. The van der Waals surface area contributed by atoms with Gasteiger partial charge in [-0.1, -0.05) is 11.6 Å². The fraction of sp³-hybridized carbons (Fsp3) is 0.400. The molecule has 0 radical (unpaired) electrons. The van der Waals surface area contributed by atoms with Crippen molar-refractivity contribution in [1.82, 2.24) is 9.55 Å². The van der Waals surface area contributed by atoms with Crippen LogP contribution < -0.4 is 4.74 Å². The summed E-state index contributed by atoms with van der Waals surface area (Å²) in [6.45, 7) is 4.19. The van der Waals surface area contributed by atoms with E-state index in [0.29, 0.717) is 23.2 Å². The van der Waals surface area contributed by atoms with Crippen LogP contribution in [0.25, 0.3) is 0 Å². The summed E-state index contributed by atoms with van der Waals surface area (Å²) in [6, 6.07) is 5.65. The van der Waals surface area contributed by atoms with Crippen molar-refractivity contribution in [1.29, 1.82) is 0 Å². The molecule has 1 aromatic carbocycles. The van der Waals surface area contributed by atoms with E-state index < -0.39 is 6.10 Å². The Balaban J connectivity index is 1.95. The fourth-order valence-corrected chi connectivity index (χ4v) is 2.78. The average Bonchev–Trinajstić information content (AvgIpc) is 2.89. The van der Waals surface area contributed by atoms with Gasteiger partial charge < -0.3 is 14.4 Å². The lowest BCUT2D eigenvalue weighted by Gasteiger charge is -2.30. The topological polar surface area (TPSA) is 47.3 Å². The second-order valence-corrected chi connectivity index (χ2v) is 5.80. The molecule has 106 valence electrons. The maximum absolute atomic E-state index is 10.3. The first-order valence-corrected chi connectivity index (χ1v) is 7.10. The van der Waals surface area contributed by atoms with E-state index in [2.05, 4.69) is 23.4 Å². The lowest BCUT2D eigenvalue weighted by atomic mass is 9.97. The summed E-state index contributed by atoms with van der Waals surface area (Å²) in [5.41, 5.74) is 1.74. The van der Waals surface area contributed by atoms with E-state index >= 15 is 0 Å². The predicted octanol–water partition coefficient (Wildman–Crippen LogP) is 3.67. The number of nitrogens with zero attached hydrogens (tertiary/aromatic N) is 2. The van der Waals surface area contributed by atoms with Gasteiger partial charge in [0, 0.05) is 23.0 Å². The molecule has 5 heteroatoms. The molecule has 0 saturated carbocycles. The Kier molecular flexibility index (Phi) is 3.44. The summed E-state index contributed by atoms with van der Waals surface area (Å²) in [6.07, 6.45) is 3.35. The summed E-state index contributed by atoms with van der Waals surface area (Å²) in [5.74, 6) is 0.689. The highest BCUT2D eigenvalue weighted by molar-refractivity contribution is 6.30. The lowest BCUT2D eigenvalue weighted by Crippen LogP contribution is -2.22. The number of aromatic nitrogens is 2. The van der Waals surface area contributed by atoms with E-state index in [4.69, 9.17) is 16.3 Å². The van der Waals surface area contributed by atoms with E-state index in [1.165, 1.54) is 0 Å². The second kappa shape index (κ2) is 5.11. The highest BCUT2D eigenvalue weighted by Gasteiger charge is 2.30. The van der Waals surface area contributed by atoms with Gasteiger partial charge in [0.25, 0.3) is 0 Å². The largest absolute Gasteiger partial charge is 0.484 e. The molecule has 20 heavy (non-hydrogen) atoms. The van der Waals surface area contributed by atoms with Crippen LogP contribution in [0.15, 0.2) is 30.7 Å². The smallest absolute Gasteiger partial charge is 0.143 e. The average molecular weight is 293 g/mol. The standard InChI is InChI=1S/C15H17ClN2O2/c1-9(2)18-8-17-7-12(18)15-6-13(19)11-5-10(16)3-4-14(11)20-15/h3-5,7-9,13,15,19H,6H2,1-2H3/t13-,15?/m0/s1. The van der Waals surface area contributed by atoms with Gasteiger partial charge in [0.2, 0.25) is 0 Å². The lowest BCUT2D eigenvalue weighted by molar-refractivity contribution is 0.0614. The summed E-state index contributed by atoms with van der Waals surface area (Å²) in [7, 11) is 0. The molecule has 1 aromatic heterocycles. The van der Waals surface area contributed by atoms with Crippen LogP contribution in [0.3, 0.4) is 0 Å². The van der Waals surface area contributed by atoms with Crippen LogP contribution in [0.1, 0.15) is 49.8 Å². The van der Waals surface area contributed by atoms with E-state index in [1.807, 2.05) is 6.07 Å². The van der Waals surface area contributed by atoms with Crippen molar-refractivity contribution < 1.29 is 9.84 Å². The molecule has 1 unspecified atom stereocenters. The molecule has 0 fully saturated rings. The zero-order valence-electron chi connectivity index (χ0n) is 11.5. The van der Waals surface area contributed by atoms with Crippen molar-refractivity contribution in [3.8, 4) is 5.75 Å².